The van der Waals surface area contributed by atoms with E-state index in [1.807, 2.05) is 0 Å². The standard InChI is InChI=1S/C19H17N/c1-14-11-12-19-17(13-14)16-9-5-6-10-18(16)20(19)15-7-3-2-4-8-15/h2-7,9-13,15H,8H2,1H3. The van der Waals surface area contributed by atoms with Crippen LogP contribution in [0.2, 0.25) is 0 Å². The average Bonchev–Trinajstić information content (AvgIpc) is 2.82. The Bertz CT molecular complexity index is 849. The summed E-state index contributed by atoms with van der Waals surface area (Å²) in [5.74, 6) is 0. The number of allylic oxidation sites excluding steroid dienone is 4. The van der Waals surface area contributed by atoms with Crippen molar-refractivity contribution in [2.45, 2.75) is 19.4 Å². The van der Waals surface area contributed by atoms with Crippen LogP contribution in [0.3, 0.4) is 0 Å². The van der Waals surface area contributed by atoms with E-state index in [1.54, 1.807) is 0 Å². The Morgan fingerprint density at radius 1 is 0.950 bits per heavy atom. The van der Waals surface area contributed by atoms with Crippen molar-refractivity contribution in [1.29, 1.82) is 0 Å². The molecule has 1 heteroatoms. The lowest BCUT2D eigenvalue weighted by Gasteiger charge is -2.18. The van der Waals surface area contributed by atoms with Crippen LogP contribution < -0.4 is 0 Å². The van der Waals surface area contributed by atoms with Gasteiger partial charge in [0, 0.05) is 21.8 Å². The molecule has 3 aromatic rings. The summed E-state index contributed by atoms with van der Waals surface area (Å²) in [4.78, 5) is 0. The van der Waals surface area contributed by atoms with Gasteiger partial charge >= 0.3 is 0 Å². The van der Waals surface area contributed by atoms with E-state index < -0.39 is 0 Å². The maximum atomic E-state index is 2.48. The monoisotopic (exact) mass is 259 g/mol. The first-order chi connectivity index (χ1) is 9.84. The normalized spacial score (nSPS) is 18.1. The highest BCUT2D eigenvalue weighted by atomic mass is 15.0. The Hall–Kier alpha value is -2.28. The second-order valence-corrected chi connectivity index (χ2v) is 5.52. The fourth-order valence-electron chi connectivity index (χ4n) is 3.23. The molecule has 0 saturated heterocycles. The van der Waals surface area contributed by atoms with E-state index in [4.69, 9.17) is 0 Å². The summed E-state index contributed by atoms with van der Waals surface area (Å²) in [6.07, 6.45) is 9.90. The summed E-state index contributed by atoms with van der Waals surface area (Å²) in [5, 5.41) is 2.72. The predicted molar refractivity (Wildman–Crippen MR) is 86.1 cm³/mol. The number of para-hydroxylation sites is 1. The van der Waals surface area contributed by atoms with E-state index in [0.717, 1.165) is 6.42 Å². The second kappa shape index (κ2) is 4.38. The molecule has 1 aliphatic carbocycles. The van der Waals surface area contributed by atoms with Crippen LogP contribution in [0.15, 0.2) is 66.8 Å². The van der Waals surface area contributed by atoms with Crippen molar-refractivity contribution in [2.24, 2.45) is 0 Å². The number of fused-ring (bicyclic) bond motifs is 3. The minimum absolute atomic E-state index is 0.421. The Kier molecular flexibility index (Phi) is 2.53. The highest BCUT2D eigenvalue weighted by molar-refractivity contribution is 6.08. The number of rotatable bonds is 1. The molecule has 0 spiro atoms. The number of nitrogens with zero attached hydrogens (tertiary/aromatic N) is 1. The number of aromatic nitrogens is 1. The molecule has 0 amide bonds. The van der Waals surface area contributed by atoms with Gasteiger partial charge in [-0.15, -0.1) is 0 Å². The highest BCUT2D eigenvalue weighted by Gasteiger charge is 2.16. The summed E-state index contributed by atoms with van der Waals surface area (Å²) >= 11 is 0. The number of hydrogen-bond acceptors (Lipinski definition) is 0. The van der Waals surface area contributed by atoms with Gasteiger partial charge in [-0.2, -0.15) is 0 Å². The van der Waals surface area contributed by atoms with E-state index in [2.05, 4.69) is 78.3 Å². The predicted octanol–water partition coefficient (Wildman–Crippen LogP) is 5.16. The number of benzene rings is 2. The maximum absolute atomic E-state index is 2.48. The van der Waals surface area contributed by atoms with Gasteiger partial charge < -0.3 is 4.57 Å². The Morgan fingerprint density at radius 2 is 1.80 bits per heavy atom. The van der Waals surface area contributed by atoms with Gasteiger partial charge in [-0.1, -0.05) is 54.1 Å². The zero-order valence-electron chi connectivity index (χ0n) is 11.6. The van der Waals surface area contributed by atoms with Crippen LogP contribution in [0.5, 0.6) is 0 Å². The summed E-state index contributed by atoms with van der Waals surface area (Å²) in [6.45, 7) is 2.16. The van der Waals surface area contributed by atoms with Gasteiger partial charge in [0.15, 0.2) is 0 Å². The van der Waals surface area contributed by atoms with E-state index in [-0.39, 0.29) is 0 Å². The third kappa shape index (κ3) is 1.63. The summed E-state index contributed by atoms with van der Waals surface area (Å²) in [5.41, 5.74) is 3.99. The molecular weight excluding hydrogens is 242 g/mol. The molecule has 0 N–H and O–H groups in total. The molecule has 0 radical (unpaired) electrons. The topological polar surface area (TPSA) is 4.93 Å². The zero-order chi connectivity index (χ0) is 13.5. The zero-order valence-corrected chi connectivity index (χ0v) is 11.6. The van der Waals surface area contributed by atoms with Crippen molar-refractivity contribution in [3.05, 3.63) is 72.3 Å². The SMILES string of the molecule is Cc1ccc2c(c1)c1ccccc1n2C1C=CC=CC1. The molecule has 1 unspecified atom stereocenters. The van der Waals surface area contributed by atoms with Crippen LogP contribution >= 0.6 is 0 Å². The molecule has 1 atom stereocenters. The van der Waals surface area contributed by atoms with Crippen LogP contribution in [0.25, 0.3) is 21.8 Å². The first kappa shape index (κ1) is 11.5. The molecular formula is C19H17N. The fraction of sp³-hybridized carbons (Fsp3) is 0.158. The molecule has 1 aromatic heterocycles. The molecule has 1 nitrogen and oxygen atoms in total. The third-order valence-corrected chi connectivity index (χ3v) is 4.16. The molecule has 0 fully saturated rings. The van der Waals surface area contributed by atoms with E-state index in [1.165, 1.54) is 27.4 Å². The van der Waals surface area contributed by atoms with Gasteiger partial charge in [0.2, 0.25) is 0 Å². The lowest BCUT2D eigenvalue weighted by Crippen LogP contribution is -2.06. The quantitative estimate of drug-likeness (QED) is 0.569. The van der Waals surface area contributed by atoms with Crippen LogP contribution in [0.1, 0.15) is 18.0 Å². The lowest BCUT2D eigenvalue weighted by atomic mass is 10.1. The fourth-order valence-corrected chi connectivity index (χ4v) is 3.23. The second-order valence-electron chi connectivity index (χ2n) is 5.52. The molecule has 20 heavy (non-hydrogen) atoms. The first-order valence-corrected chi connectivity index (χ1v) is 7.17. The van der Waals surface area contributed by atoms with E-state index in [9.17, 15) is 0 Å². The highest BCUT2D eigenvalue weighted by Crippen LogP contribution is 2.34. The summed E-state index contributed by atoms with van der Waals surface area (Å²) in [7, 11) is 0. The van der Waals surface area contributed by atoms with Crippen molar-refractivity contribution in [3.63, 3.8) is 0 Å². The average molecular weight is 259 g/mol. The van der Waals surface area contributed by atoms with Gasteiger partial charge in [-0.05, 0) is 31.5 Å². The molecule has 1 aliphatic rings. The summed E-state index contributed by atoms with van der Waals surface area (Å²) < 4.78 is 2.48. The molecule has 4 rings (SSSR count). The third-order valence-electron chi connectivity index (χ3n) is 4.16. The van der Waals surface area contributed by atoms with Gasteiger partial charge in [0.05, 0.1) is 6.04 Å². The van der Waals surface area contributed by atoms with E-state index in [0.29, 0.717) is 6.04 Å². The minimum Gasteiger partial charge on any atom is -0.333 e. The molecule has 1 heterocycles. The molecule has 2 aromatic carbocycles. The lowest BCUT2D eigenvalue weighted by molar-refractivity contribution is 0.648. The van der Waals surface area contributed by atoms with Crippen molar-refractivity contribution in [1.82, 2.24) is 4.57 Å². The van der Waals surface area contributed by atoms with Crippen LogP contribution in [-0.4, -0.2) is 4.57 Å². The van der Waals surface area contributed by atoms with Crippen LogP contribution in [-0.2, 0) is 0 Å². The Labute approximate surface area is 118 Å². The van der Waals surface area contributed by atoms with Gasteiger partial charge in [-0.3, -0.25) is 0 Å². The smallest absolute Gasteiger partial charge is 0.0560 e. The number of aryl methyl sites for hydroxylation is 1. The van der Waals surface area contributed by atoms with Gasteiger partial charge in [0.1, 0.15) is 0 Å². The molecule has 0 aliphatic heterocycles. The van der Waals surface area contributed by atoms with Crippen molar-refractivity contribution < 1.29 is 0 Å². The van der Waals surface area contributed by atoms with Crippen LogP contribution in [0.4, 0.5) is 0 Å². The summed E-state index contributed by atoms with van der Waals surface area (Å²) in [6, 6.07) is 15.9. The van der Waals surface area contributed by atoms with Crippen molar-refractivity contribution >= 4 is 21.8 Å². The van der Waals surface area contributed by atoms with Gasteiger partial charge in [-0.25, -0.2) is 0 Å². The molecule has 0 saturated carbocycles. The minimum atomic E-state index is 0.421. The molecule has 0 bridgehead atoms. The Morgan fingerprint density at radius 3 is 2.65 bits per heavy atom. The molecule has 98 valence electrons. The maximum Gasteiger partial charge on any atom is 0.0560 e. The number of hydrogen-bond donors (Lipinski definition) is 0. The first-order valence-electron chi connectivity index (χ1n) is 7.17. The largest absolute Gasteiger partial charge is 0.333 e. The Balaban J connectivity index is 2.10. The van der Waals surface area contributed by atoms with E-state index >= 15 is 0 Å². The van der Waals surface area contributed by atoms with Gasteiger partial charge in [0.25, 0.3) is 0 Å². The van der Waals surface area contributed by atoms with Crippen molar-refractivity contribution in [2.75, 3.05) is 0 Å². The van der Waals surface area contributed by atoms with Crippen LogP contribution in [0, 0.1) is 6.92 Å². The van der Waals surface area contributed by atoms with Crippen molar-refractivity contribution in [3.8, 4) is 0 Å².